The van der Waals surface area contributed by atoms with Gasteiger partial charge < -0.3 is 5.73 Å². The summed E-state index contributed by atoms with van der Waals surface area (Å²) in [5.41, 5.74) is 5.11. The molecule has 0 radical (unpaired) electrons. The first-order valence-electron chi connectivity index (χ1n) is 4.11. The van der Waals surface area contributed by atoms with Crippen LogP contribution in [-0.2, 0) is 4.79 Å². The smallest absolute Gasteiger partial charge is 0.223 e. The number of nitrogens with two attached hydrogens (primary N) is 1. The Morgan fingerprint density at radius 1 is 1.64 bits per heavy atom. The van der Waals surface area contributed by atoms with Crippen molar-refractivity contribution in [3.8, 4) is 0 Å². The monoisotopic (exact) mass is 151 g/mol. The lowest BCUT2D eigenvalue weighted by atomic mass is 9.77. The molecule has 2 nitrogen and oxygen atoms in total. The lowest BCUT2D eigenvalue weighted by Gasteiger charge is -2.27. The van der Waals surface area contributed by atoms with Crippen LogP contribution in [0.5, 0.6) is 0 Å². The van der Waals surface area contributed by atoms with Gasteiger partial charge >= 0.3 is 0 Å². The van der Waals surface area contributed by atoms with Gasteiger partial charge in [0.1, 0.15) is 0 Å². The van der Waals surface area contributed by atoms with E-state index in [4.69, 9.17) is 5.73 Å². The van der Waals surface area contributed by atoms with Crippen LogP contribution in [0.1, 0.15) is 19.8 Å². The van der Waals surface area contributed by atoms with Crippen molar-refractivity contribution in [3.05, 3.63) is 12.2 Å². The molecule has 0 saturated heterocycles. The molecule has 0 aromatic rings. The maximum Gasteiger partial charge on any atom is 0.223 e. The van der Waals surface area contributed by atoms with Crippen LogP contribution in [0, 0.1) is 17.3 Å². The lowest BCUT2D eigenvalue weighted by Crippen LogP contribution is -2.37. The number of hydrogen-bond donors (Lipinski definition) is 1. The summed E-state index contributed by atoms with van der Waals surface area (Å²) < 4.78 is 0. The van der Waals surface area contributed by atoms with Crippen LogP contribution in [0.4, 0.5) is 0 Å². The van der Waals surface area contributed by atoms with Crippen LogP contribution in [0.15, 0.2) is 12.2 Å². The molecular formula is C9H13NO. The Morgan fingerprint density at radius 2 is 2.36 bits per heavy atom. The second-order valence-corrected chi connectivity index (χ2v) is 3.97. The predicted molar refractivity (Wildman–Crippen MR) is 42.7 cm³/mol. The summed E-state index contributed by atoms with van der Waals surface area (Å²) in [4.78, 5) is 11.1. The molecule has 3 atom stereocenters. The fourth-order valence-corrected chi connectivity index (χ4v) is 2.38. The van der Waals surface area contributed by atoms with E-state index in [0.29, 0.717) is 11.8 Å². The van der Waals surface area contributed by atoms with Gasteiger partial charge in [-0.25, -0.2) is 0 Å². The Labute approximate surface area is 66.5 Å². The van der Waals surface area contributed by atoms with Gasteiger partial charge in [0.15, 0.2) is 0 Å². The number of rotatable bonds is 1. The largest absolute Gasteiger partial charge is 0.369 e. The van der Waals surface area contributed by atoms with E-state index in [1.165, 1.54) is 0 Å². The van der Waals surface area contributed by atoms with Crippen LogP contribution in [0.2, 0.25) is 0 Å². The molecule has 1 fully saturated rings. The standard InChI is InChI=1S/C9H13NO/c1-9(8(10)11)5-6-2-3-7(9)4-6/h2-3,6-7H,4-5H2,1H3,(H2,10,11)/t6-,7+,9+/m1/s1. The Balaban J connectivity index is 2.30. The van der Waals surface area contributed by atoms with E-state index in [-0.39, 0.29) is 11.3 Å². The van der Waals surface area contributed by atoms with Crippen molar-refractivity contribution in [1.29, 1.82) is 0 Å². The van der Waals surface area contributed by atoms with Gasteiger partial charge in [0.05, 0.1) is 5.41 Å². The number of allylic oxidation sites excluding steroid dienone is 2. The highest BCUT2D eigenvalue weighted by Crippen LogP contribution is 2.51. The average molecular weight is 151 g/mol. The summed E-state index contributed by atoms with van der Waals surface area (Å²) in [6, 6.07) is 0. The van der Waals surface area contributed by atoms with Gasteiger partial charge in [0.25, 0.3) is 0 Å². The van der Waals surface area contributed by atoms with Gasteiger partial charge in [-0.15, -0.1) is 0 Å². The van der Waals surface area contributed by atoms with E-state index in [1.54, 1.807) is 0 Å². The van der Waals surface area contributed by atoms with Crippen molar-refractivity contribution in [3.63, 3.8) is 0 Å². The molecule has 60 valence electrons. The minimum Gasteiger partial charge on any atom is -0.369 e. The Kier molecular flexibility index (Phi) is 1.17. The molecule has 2 heteroatoms. The molecule has 0 aromatic carbocycles. The SMILES string of the molecule is C[C@]1(C(N)=O)C[C@@H]2C=C[C@H]1C2. The summed E-state index contributed by atoms with van der Waals surface area (Å²) in [7, 11) is 0. The summed E-state index contributed by atoms with van der Waals surface area (Å²) in [6.45, 7) is 1.99. The van der Waals surface area contributed by atoms with Gasteiger partial charge in [-0.1, -0.05) is 19.1 Å². The molecule has 0 aliphatic heterocycles. The molecule has 1 amide bonds. The summed E-state index contributed by atoms with van der Waals surface area (Å²) >= 11 is 0. The quantitative estimate of drug-likeness (QED) is 0.560. The number of amides is 1. The highest BCUT2D eigenvalue weighted by Gasteiger charge is 2.48. The second kappa shape index (κ2) is 1.87. The van der Waals surface area contributed by atoms with Crippen molar-refractivity contribution >= 4 is 5.91 Å². The molecular weight excluding hydrogens is 138 g/mol. The van der Waals surface area contributed by atoms with Crippen molar-refractivity contribution < 1.29 is 4.79 Å². The summed E-state index contributed by atoms with van der Waals surface area (Å²) in [6.07, 6.45) is 6.47. The van der Waals surface area contributed by atoms with Crippen LogP contribution >= 0.6 is 0 Å². The maximum absolute atomic E-state index is 11.1. The predicted octanol–water partition coefficient (Wildman–Crippen LogP) is 1.07. The molecule has 2 N–H and O–H groups in total. The van der Waals surface area contributed by atoms with E-state index in [0.717, 1.165) is 12.8 Å². The lowest BCUT2D eigenvalue weighted by molar-refractivity contribution is -0.128. The highest BCUT2D eigenvalue weighted by molar-refractivity contribution is 5.81. The van der Waals surface area contributed by atoms with Crippen LogP contribution in [-0.4, -0.2) is 5.91 Å². The molecule has 2 aliphatic rings. The van der Waals surface area contributed by atoms with Crippen molar-refractivity contribution in [2.45, 2.75) is 19.8 Å². The fourth-order valence-electron chi connectivity index (χ4n) is 2.38. The van der Waals surface area contributed by atoms with E-state index in [9.17, 15) is 4.79 Å². The van der Waals surface area contributed by atoms with Gasteiger partial charge in [0, 0.05) is 0 Å². The molecule has 2 aliphatic carbocycles. The molecule has 0 aromatic heterocycles. The van der Waals surface area contributed by atoms with E-state index in [2.05, 4.69) is 12.2 Å². The Morgan fingerprint density at radius 3 is 2.64 bits per heavy atom. The Hall–Kier alpha value is -0.790. The molecule has 0 unspecified atom stereocenters. The number of primary amides is 1. The zero-order valence-corrected chi connectivity index (χ0v) is 6.71. The maximum atomic E-state index is 11.1. The number of carbonyl (C=O) groups is 1. The minimum absolute atomic E-state index is 0.130. The third-order valence-corrected chi connectivity index (χ3v) is 3.24. The first kappa shape index (κ1) is 6.89. The molecule has 2 bridgehead atoms. The zero-order valence-electron chi connectivity index (χ0n) is 6.71. The normalized spacial score (nSPS) is 46.6. The van der Waals surface area contributed by atoms with E-state index >= 15 is 0 Å². The third kappa shape index (κ3) is 0.753. The van der Waals surface area contributed by atoms with Crippen molar-refractivity contribution in [1.82, 2.24) is 0 Å². The van der Waals surface area contributed by atoms with E-state index in [1.807, 2.05) is 6.92 Å². The van der Waals surface area contributed by atoms with Crippen LogP contribution in [0.25, 0.3) is 0 Å². The summed E-state index contributed by atoms with van der Waals surface area (Å²) in [5.74, 6) is 0.914. The first-order valence-corrected chi connectivity index (χ1v) is 4.11. The number of hydrogen-bond acceptors (Lipinski definition) is 1. The van der Waals surface area contributed by atoms with Gasteiger partial charge in [-0.3, -0.25) is 4.79 Å². The van der Waals surface area contributed by atoms with Crippen molar-refractivity contribution in [2.75, 3.05) is 0 Å². The van der Waals surface area contributed by atoms with Crippen LogP contribution in [0.3, 0.4) is 0 Å². The topological polar surface area (TPSA) is 43.1 Å². The van der Waals surface area contributed by atoms with Crippen LogP contribution < -0.4 is 5.73 Å². The third-order valence-electron chi connectivity index (χ3n) is 3.24. The molecule has 0 heterocycles. The summed E-state index contributed by atoms with van der Waals surface area (Å²) in [5, 5.41) is 0. The van der Waals surface area contributed by atoms with Crippen molar-refractivity contribution in [2.24, 2.45) is 23.0 Å². The van der Waals surface area contributed by atoms with Gasteiger partial charge in [-0.2, -0.15) is 0 Å². The fraction of sp³-hybridized carbons (Fsp3) is 0.667. The molecule has 0 spiro atoms. The Bertz CT molecular complexity index is 234. The first-order chi connectivity index (χ1) is 5.13. The molecule has 11 heavy (non-hydrogen) atoms. The average Bonchev–Trinajstić information content (AvgIpc) is 2.45. The zero-order chi connectivity index (χ0) is 8.06. The van der Waals surface area contributed by atoms with E-state index < -0.39 is 0 Å². The highest BCUT2D eigenvalue weighted by atomic mass is 16.1. The minimum atomic E-state index is -0.237. The molecule has 1 saturated carbocycles. The van der Waals surface area contributed by atoms with Gasteiger partial charge in [-0.05, 0) is 24.7 Å². The molecule has 2 rings (SSSR count). The number of fused-ring (bicyclic) bond motifs is 2. The second-order valence-electron chi connectivity index (χ2n) is 3.97. The number of carbonyl (C=O) groups excluding carboxylic acids is 1. The van der Waals surface area contributed by atoms with Gasteiger partial charge in [0.2, 0.25) is 5.91 Å².